The second-order valence-electron chi connectivity index (χ2n) is 4.45. The number of methoxy groups -OCH3 is 2. The van der Waals surface area contributed by atoms with Crippen molar-refractivity contribution in [3.8, 4) is 5.75 Å². The molecular weight excluding hydrogens is 228 g/mol. The van der Waals surface area contributed by atoms with Crippen LogP contribution in [0.2, 0.25) is 0 Å². The minimum atomic E-state index is -0.308. The zero-order valence-electron chi connectivity index (χ0n) is 12.0. The molecule has 1 aromatic rings. The molecule has 4 nitrogen and oxygen atoms in total. The number of rotatable bonds is 7. The first kappa shape index (κ1) is 14.9. The molecule has 0 bridgehead atoms. The van der Waals surface area contributed by atoms with Crippen LogP contribution in [-0.4, -0.2) is 31.3 Å². The maximum Gasteiger partial charge on any atom is 0.142 e. The molecule has 18 heavy (non-hydrogen) atoms. The van der Waals surface area contributed by atoms with Crippen molar-refractivity contribution < 1.29 is 9.47 Å². The molecule has 2 atom stereocenters. The summed E-state index contributed by atoms with van der Waals surface area (Å²) >= 11 is 0. The molecule has 1 heterocycles. The van der Waals surface area contributed by atoms with E-state index in [1.165, 1.54) is 0 Å². The molecule has 0 saturated carbocycles. The number of aromatic nitrogens is 1. The van der Waals surface area contributed by atoms with Gasteiger partial charge in [-0.1, -0.05) is 13.8 Å². The largest absolute Gasteiger partial charge is 0.495 e. The summed E-state index contributed by atoms with van der Waals surface area (Å²) in [6.45, 7) is 7.13. The van der Waals surface area contributed by atoms with Crippen LogP contribution in [0.1, 0.15) is 38.9 Å². The highest BCUT2D eigenvalue weighted by molar-refractivity contribution is 5.31. The third-order valence-corrected chi connectivity index (χ3v) is 3.48. The Hall–Kier alpha value is -1.13. The fourth-order valence-corrected chi connectivity index (χ4v) is 2.06. The van der Waals surface area contributed by atoms with Crippen LogP contribution in [0.15, 0.2) is 18.3 Å². The molecule has 0 aliphatic rings. The first-order valence-corrected chi connectivity index (χ1v) is 6.40. The molecule has 0 saturated heterocycles. The fraction of sp³-hybridized carbons (Fsp3) is 0.643. The van der Waals surface area contributed by atoms with E-state index in [2.05, 4.69) is 31.1 Å². The van der Waals surface area contributed by atoms with Gasteiger partial charge in [0.05, 0.1) is 18.8 Å². The van der Waals surface area contributed by atoms with E-state index in [9.17, 15) is 0 Å². The van der Waals surface area contributed by atoms with Crippen molar-refractivity contribution in [2.45, 2.75) is 38.8 Å². The maximum absolute atomic E-state index is 5.70. The molecule has 4 heteroatoms. The van der Waals surface area contributed by atoms with Crippen molar-refractivity contribution >= 4 is 0 Å². The van der Waals surface area contributed by atoms with E-state index in [4.69, 9.17) is 9.47 Å². The van der Waals surface area contributed by atoms with Crippen LogP contribution < -0.4 is 10.1 Å². The van der Waals surface area contributed by atoms with Gasteiger partial charge < -0.3 is 14.8 Å². The highest BCUT2D eigenvalue weighted by Crippen LogP contribution is 2.34. The summed E-state index contributed by atoms with van der Waals surface area (Å²) in [7, 11) is 3.41. The number of nitrogens with zero attached hydrogens (tertiary/aromatic N) is 1. The van der Waals surface area contributed by atoms with Gasteiger partial charge >= 0.3 is 0 Å². The number of likely N-dealkylation sites (N-methyl/N-ethyl adjacent to an activating group) is 1. The van der Waals surface area contributed by atoms with Crippen LogP contribution in [0.3, 0.4) is 0 Å². The van der Waals surface area contributed by atoms with Crippen molar-refractivity contribution in [1.29, 1.82) is 0 Å². The summed E-state index contributed by atoms with van der Waals surface area (Å²) in [5, 5.41) is 3.45. The van der Waals surface area contributed by atoms with Gasteiger partial charge in [-0.2, -0.15) is 0 Å². The predicted molar refractivity (Wildman–Crippen MR) is 72.9 cm³/mol. The van der Waals surface area contributed by atoms with Gasteiger partial charge in [-0.05, 0) is 32.0 Å². The van der Waals surface area contributed by atoms with Gasteiger partial charge in [0.1, 0.15) is 11.4 Å². The highest BCUT2D eigenvalue weighted by Gasteiger charge is 2.35. The predicted octanol–water partition coefficient (Wildman–Crippen LogP) is 2.56. The second kappa shape index (κ2) is 6.71. The van der Waals surface area contributed by atoms with Gasteiger partial charge in [-0.25, -0.2) is 0 Å². The third-order valence-electron chi connectivity index (χ3n) is 3.48. The number of hydrogen-bond donors (Lipinski definition) is 1. The normalized spacial score (nSPS) is 16.1. The first-order valence-electron chi connectivity index (χ1n) is 6.40. The molecule has 102 valence electrons. The lowest BCUT2D eigenvalue weighted by Crippen LogP contribution is -2.43. The van der Waals surface area contributed by atoms with E-state index in [1.54, 1.807) is 20.4 Å². The van der Waals surface area contributed by atoms with E-state index in [-0.39, 0.29) is 11.6 Å². The van der Waals surface area contributed by atoms with Gasteiger partial charge in [0.2, 0.25) is 0 Å². The minimum absolute atomic E-state index is 0.00801. The molecule has 0 spiro atoms. The van der Waals surface area contributed by atoms with Gasteiger partial charge in [0, 0.05) is 13.3 Å². The van der Waals surface area contributed by atoms with Crippen molar-refractivity contribution in [2.75, 3.05) is 20.8 Å². The van der Waals surface area contributed by atoms with Gasteiger partial charge in [-0.15, -0.1) is 0 Å². The molecule has 1 aromatic heterocycles. The summed E-state index contributed by atoms with van der Waals surface area (Å²) in [6, 6.07) is 3.81. The zero-order chi connectivity index (χ0) is 13.6. The second-order valence-corrected chi connectivity index (χ2v) is 4.45. The lowest BCUT2D eigenvalue weighted by Gasteiger charge is -2.36. The highest BCUT2D eigenvalue weighted by atomic mass is 16.5. The number of nitrogens with one attached hydrogen (secondary N) is 1. The number of ether oxygens (including phenoxy) is 2. The fourth-order valence-electron chi connectivity index (χ4n) is 2.06. The van der Waals surface area contributed by atoms with Crippen molar-refractivity contribution in [3.63, 3.8) is 0 Å². The smallest absolute Gasteiger partial charge is 0.142 e. The summed E-state index contributed by atoms with van der Waals surface area (Å²) in [4.78, 5) is 4.46. The molecule has 0 radical (unpaired) electrons. The van der Waals surface area contributed by atoms with Crippen molar-refractivity contribution in [3.05, 3.63) is 24.0 Å². The number of hydrogen-bond acceptors (Lipinski definition) is 4. The molecular formula is C14H24N2O2. The van der Waals surface area contributed by atoms with Crippen LogP contribution >= 0.6 is 0 Å². The quantitative estimate of drug-likeness (QED) is 0.810. The molecule has 0 aromatic carbocycles. The first-order chi connectivity index (χ1) is 8.62. The van der Waals surface area contributed by atoms with Crippen molar-refractivity contribution in [2.24, 2.45) is 0 Å². The minimum Gasteiger partial charge on any atom is -0.495 e. The zero-order valence-corrected chi connectivity index (χ0v) is 12.0. The van der Waals surface area contributed by atoms with Crippen LogP contribution in [0.25, 0.3) is 0 Å². The Kier molecular flexibility index (Phi) is 5.56. The molecule has 0 fully saturated rings. The third kappa shape index (κ3) is 3.00. The lowest BCUT2D eigenvalue weighted by molar-refractivity contribution is -0.0312. The SMILES string of the molecule is CCNC(c1ncccc1OC)C(C)(CC)OC. The molecule has 0 aliphatic heterocycles. The van der Waals surface area contributed by atoms with E-state index in [0.29, 0.717) is 0 Å². The summed E-state index contributed by atoms with van der Waals surface area (Å²) < 4.78 is 11.1. The Morgan fingerprint density at radius 3 is 2.61 bits per heavy atom. The topological polar surface area (TPSA) is 43.4 Å². The molecule has 0 amide bonds. The summed E-state index contributed by atoms with van der Waals surface area (Å²) in [5.74, 6) is 0.792. The average molecular weight is 252 g/mol. The molecule has 0 aliphatic carbocycles. The van der Waals surface area contributed by atoms with E-state index in [0.717, 1.165) is 24.4 Å². The van der Waals surface area contributed by atoms with E-state index >= 15 is 0 Å². The number of pyridine rings is 1. The Bertz CT molecular complexity index is 365. The van der Waals surface area contributed by atoms with Gasteiger partial charge in [0.25, 0.3) is 0 Å². The average Bonchev–Trinajstić information content (AvgIpc) is 2.44. The van der Waals surface area contributed by atoms with Crippen LogP contribution in [0.5, 0.6) is 5.75 Å². The van der Waals surface area contributed by atoms with Gasteiger partial charge in [0.15, 0.2) is 0 Å². The molecule has 2 unspecified atom stereocenters. The lowest BCUT2D eigenvalue weighted by atomic mass is 9.89. The Balaban J connectivity index is 3.18. The van der Waals surface area contributed by atoms with Gasteiger partial charge in [-0.3, -0.25) is 4.98 Å². The summed E-state index contributed by atoms with van der Waals surface area (Å²) in [5.41, 5.74) is 0.588. The van der Waals surface area contributed by atoms with Crippen LogP contribution in [0.4, 0.5) is 0 Å². The van der Waals surface area contributed by atoms with Crippen LogP contribution in [0, 0.1) is 0 Å². The Morgan fingerprint density at radius 1 is 1.39 bits per heavy atom. The maximum atomic E-state index is 5.70. The van der Waals surface area contributed by atoms with Crippen LogP contribution in [-0.2, 0) is 4.74 Å². The monoisotopic (exact) mass is 252 g/mol. The molecule has 1 N–H and O–H groups in total. The summed E-state index contributed by atoms with van der Waals surface area (Å²) in [6.07, 6.45) is 2.68. The molecule has 1 rings (SSSR count). The standard InChI is InChI=1S/C14H24N2O2/c1-6-14(3,18-5)13(15-7-2)12-11(17-4)9-8-10-16-12/h8-10,13,15H,6-7H2,1-5H3. The Labute approximate surface area is 110 Å². The van der Waals surface area contributed by atoms with E-state index < -0.39 is 0 Å². The van der Waals surface area contributed by atoms with Crippen molar-refractivity contribution in [1.82, 2.24) is 10.3 Å². The van der Waals surface area contributed by atoms with E-state index in [1.807, 2.05) is 12.1 Å². The Morgan fingerprint density at radius 2 is 2.11 bits per heavy atom.